The summed E-state index contributed by atoms with van der Waals surface area (Å²) in [6.07, 6.45) is 1.00. The molecule has 7 nitrogen and oxygen atoms in total. The molecule has 25 heavy (non-hydrogen) atoms. The lowest BCUT2D eigenvalue weighted by Crippen LogP contribution is -2.41. The minimum absolute atomic E-state index is 0.0422. The molecule has 7 heteroatoms. The van der Waals surface area contributed by atoms with E-state index in [9.17, 15) is 14.9 Å². The minimum atomic E-state index is -0.576. The highest BCUT2D eigenvalue weighted by molar-refractivity contribution is 5.59. The topological polar surface area (TPSA) is 83.1 Å². The van der Waals surface area contributed by atoms with Crippen LogP contribution in [0.3, 0.4) is 0 Å². The van der Waals surface area contributed by atoms with Crippen molar-refractivity contribution >= 4 is 11.5 Å². The van der Waals surface area contributed by atoms with Gasteiger partial charge in [0.05, 0.1) is 0 Å². The molecule has 1 aliphatic heterocycles. The summed E-state index contributed by atoms with van der Waals surface area (Å²) in [5.74, 6) is 0.274. The largest absolute Gasteiger partial charge is 0.368 e. The van der Waals surface area contributed by atoms with E-state index in [-0.39, 0.29) is 11.4 Å². The van der Waals surface area contributed by atoms with Crippen molar-refractivity contribution in [1.29, 1.82) is 5.26 Å². The Morgan fingerprint density at radius 2 is 1.96 bits per heavy atom. The van der Waals surface area contributed by atoms with Crippen LogP contribution in [0.1, 0.15) is 18.1 Å². The third kappa shape index (κ3) is 2.80. The van der Waals surface area contributed by atoms with E-state index in [0.29, 0.717) is 19.1 Å². The maximum absolute atomic E-state index is 12.1. The predicted octanol–water partition coefficient (Wildman–Crippen LogP) is 0.819. The number of hydrogen-bond donors (Lipinski definition) is 1. The number of nitriles is 1. The molecule has 3 rings (SSSR count). The van der Waals surface area contributed by atoms with Gasteiger partial charge in [-0.25, -0.2) is 4.79 Å². The smallest absolute Gasteiger partial charge is 0.332 e. The van der Waals surface area contributed by atoms with Crippen LogP contribution < -0.4 is 21.5 Å². The van der Waals surface area contributed by atoms with E-state index in [1.807, 2.05) is 18.2 Å². The van der Waals surface area contributed by atoms with Crippen molar-refractivity contribution in [3.63, 3.8) is 0 Å². The van der Waals surface area contributed by atoms with Crippen LogP contribution in [-0.2, 0) is 20.5 Å². The van der Waals surface area contributed by atoms with Crippen LogP contribution in [0, 0.1) is 11.3 Å². The monoisotopic (exact) mass is 339 g/mol. The normalized spacial score (nSPS) is 15.8. The third-order valence-electron chi connectivity index (χ3n) is 4.77. The van der Waals surface area contributed by atoms with Crippen LogP contribution in [0.5, 0.6) is 0 Å². The molecule has 0 saturated heterocycles. The Hall–Kier alpha value is -3.01. The Labute approximate surface area is 145 Å². The van der Waals surface area contributed by atoms with Crippen molar-refractivity contribution in [3.8, 4) is 6.07 Å². The molecule has 1 aromatic carbocycles. The van der Waals surface area contributed by atoms with Gasteiger partial charge in [-0.1, -0.05) is 18.2 Å². The lowest BCUT2D eigenvalue weighted by molar-refractivity contribution is 0.668. The molecule has 0 spiro atoms. The number of aromatic nitrogens is 2. The van der Waals surface area contributed by atoms with Gasteiger partial charge in [-0.2, -0.15) is 5.26 Å². The lowest BCUT2D eigenvalue weighted by atomic mass is 10.1. The van der Waals surface area contributed by atoms with E-state index in [2.05, 4.69) is 29.3 Å². The van der Waals surface area contributed by atoms with Crippen molar-refractivity contribution < 1.29 is 0 Å². The Morgan fingerprint density at radius 1 is 1.24 bits per heavy atom. The summed E-state index contributed by atoms with van der Waals surface area (Å²) in [6, 6.07) is 10.6. The first kappa shape index (κ1) is 16.8. The number of nitrogens with one attached hydrogen (secondary N) is 1. The second kappa shape index (κ2) is 6.48. The van der Waals surface area contributed by atoms with Crippen LogP contribution >= 0.6 is 0 Å². The van der Waals surface area contributed by atoms with Crippen LogP contribution in [-0.4, -0.2) is 28.3 Å². The Balaban J connectivity index is 1.81. The highest BCUT2D eigenvalue weighted by atomic mass is 16.2. The zero-order valence-electron chi connectivity index (χ0n) is 14.6. The fourth-order valence-corrected chi connectivity index (χ4v) is 3.42. The molecule has 0 fully saturated rings. The molecule has 2 heterocycles. The first-order chi connectivity index (χ1) is 12.0. The van der Waals surface area contributed by atoms with Crippen molar-refractivity contribution in [1.82, 2.24) is 9.13 Å². The summed E-state index contributed by atoms with van der Waals surface area (Å²) in [6.45, 7) is 3.41. The molecule has 2 aromatic rings. The van der Waals surface area contributed by atoms with E-state index < -0.39 is 11.2 Å². The van der Waals surface area contributed by atoms with Gasteiger partial charge < -0.3 is 10.2 Å². The quantitative estimate of drug-likeness (QED) is 0.892. The van der Waals surface area contributed by atoms with Gasteiger partial charge in [0.2, 0.25) is 0 Å². The summed E-state index contributed by atoms with van der Waals surface area (Å²) >= 11 is 0. The SMILES string of the molecule is CC1Cc2ccccc2N1CCNc1c(C#N)c(=O)n(C)c(=O)n1C. The average Bonchev–Trinajstić information content (AvgIpc) is 2.93. The number of nitrogens with zero attached hydrogens (tertiary/aromatic N) is 4. The number of anilines is 2. The fraction of sp³-hybridized carbons (Fsp3) is 0.389. The van der Waals surface area contributed by atoms with Crippen molar-refractivity contribution in [2.75, 3.05) is 23.3 Å². The van der Waals surface area contributed by atoms with E-state index in [0.717, 1.165) is 11.0 Å². The Morgan fingerprint density at radius 3 is 2.68 bits per heavy atom. The van der Waals surface area contributed by atoms with Crippen LogP contribution in [0.2, 0.25) is 0 Å². The summed E-state index contributed by atoms with van der Waals surface area (Å²) < 4.78 is 2.25. The molecule has 0 aliphatic carbocycles. The minimum Gasteiger partial charge on any atom is -0.368 e. The summed E-state index contributed by atoms with van der Waals surface area (Å²) in [5, 5.41) is 12.4. The van der Waals surface area contributed by atoms with Gasteiger partial charge in [0, 0.05) is 38.9 Å². The number of hydrogen-bond acceptors (Lipinski definition) is 5. The van der Waals surface area contributed by atoms with Gasteiger partial charge in [-0.05, 0) is 25.0 Å². The van der Waals surface area contributed by atoms with Crippen molar-refractivity contribution in [3.05, 3.63) is 56.2 Å². The molecule has 0 bridgehead atoms. The molecule has 1 atom stereocenters. The van der Waals surface area contributed by atoms with Crippen LogP contribution in [0.15, 0.2) is 33.9 Å². The van der Waals surface area contributed by atoms with Crippen molar-refractivity contribution in [2.45, 2.75) is 19.4 Å². The predicted molar refractivity (Wildman–Crippen MR) is 97.1 cm³/mol. The highest BCUT2D eigenvalue weighted by Gasteiger charge is 2.25. The number of para-hydroxylation sites is 1. The third-order valence-corrected chi connectivity index (χ3v) is 4.77. The fourth-order valence-electron chi connectivity index (χ4n) is 3.42. The number of benzene rings is 1. The van der Waals surface area contributed by atoms with Gasteiger partial charge in [0.1, 0.15) is 11.9 Å². The second-order valence-corrected chi connectivity index (χ2v) is 6.34. The number of fused-ring (bicyclic) bond motifs is 1. The zero-order valence-corrected chi connectivity index (χ0v) is 14.6. The van der Waals surface area contributed by atoms with E-state index >= 15 is 0 Å². The average molecular weight is 339 g/mol. The van der Waals surface area contributed by atoms with Gasteiger partial charge >= 0.3 is 5.69 Å². The molecular formula is C18H21N5O2. The van der Waals surface area contributed by atoms with E-state index in [1.54, 1.807) is 7.05 Å². The standard InChI is InChI=1S/C18H21N5O2/c1-12-10-13-6-4-5-7-15(13)23(12)9-8-20-16-14(11-19)17(24)22(3)18(25)21(16)2/h4-7,12,20H,8-10H2,1-3H3. The lowest BCUT2D eigenvalue weighted by Gasteiger charge is -2.25. The van der Waals surface area contributed by atoms with Crippen molar-refractivity contribution in [2.24, 2.45) is 14.1 Å². The van der Waals surface area contributed by atoms with Gasteiger partial charge in [-0.3, -0.25) is 13.9 Å². The summed E-state index contributed by atoms with van der Waals surface area (Å²) in [5.41, 5.74) is 1.47. The maximum atomic E-state index is 12.1. The molecule has 1 N–H and O–H groups in total. The molecule has 0 amide bonds. The molecular weight excluding hydrogens is 318 g/mol. The van der Waals surface area contributed by atoms with Crippen LogP contribution in [0.25, 0.3) is 0 Å². The highest BCUT2D eigenvalue weighted by Crippen LogP contribution is 2.31. The van der Waals surface area contributed by atoms with Crippen LogP contribution in [0.4, 0.5) is 11.5 Å². The van der Waals surface area contributed by atoms with Gasteiger partial charge in [0.15, 0.2) is 5.56 Å². The van der Waals surface area contributed by atoms with Gasteiger partial charge in [-0.15, -0.1) is 0 Å². The van der Waals surface area contributed by atoms with Gasteiger partial charge in [0.25, 0.3) is 5.56 Å². The Kier molecular flexibility index (Phi) is 4.36. The second-order valence-electron chi connectivity index (χ2n) is 6.34. The zero-order chi connectivity index (χ0) is 18.1. The molecule has 1 unspecified atom stereocenters. The van der Waals surface area contributed by atoms with E-state index in [1.165, 1.54) is 22.9 Å². The number of rotatable bonds is 4. The first-order valence-corrected chi connectivity index (χ1v) is 8.24. The molecule has 0 saturated carbocycles. The first-order valence-electron chi connectivity index (χ1n) is 8.24. The Bertz CT molecular complexity index is 967. The molecule has 0 radical (unpaired) electrons. The van der Waals surface area contributed by atoms with E-state index in [4.69, 9.17) is 0 Å². The molecule has 1 aromatic heterocycles. The molecule has 1 aliphatic rings. The maximum Gasteiger partial charge on any atom is 0.332 e. The summed E-state index contributed by atoms with van der Waals surface area (Å²) in [7, 11) is 2.93. The molecule has 130 valence electrons. The summed E-state index contributed by atoms with van der Waals surface area (Å²) in [4.78, 5) is 26.5.